The van der Waals surface area contributed by atoms with Crippen molar-refractivity contribution in [3.05, 3.63) is 106 Å². The van der Waals surface area contributed by atoms with E-state index in [0.29, 0.717) is 28.9 Å². The average molecular weight is 422 g/mol. The first kappa shape index (κ1) is 19.6. The molecule has 0 amide bonds. The van der Waals surface area contributed by atoms with Gasteiger partial charge in [0.25, 0.3) is 0 Å². The lowest BCUT2D eigenvalue weighted by atomic mass is 10.1. The van der Waals surface area contributed by atoms with Crippen LogP contribution < -0.4 is 10.1 Å². The van der Waals surface area contributed by atoms with Crippen LogP contribution in [0, 0.1) is 6.92 Å². The molecule has 0 bridgehead atoms. The van der Waals surface area contributed by atoms with Crippen molar-refractivity contribution in [1.82, 2.24) is 0 Å². The molecule has 0 saturated heterocycles. The molecule has 1 N–H and O–H groups in total. The minimum absolute atomic E-state index is 0.404. The number of fused-ring (bicyclic) bond motifs is 1. The lowest BCUT2D eigenvalue weighted by molar-refractivity contribution is 0.308. The van der Waals surface area contributed by atoms with Gasteiger partial charge in [-0.15, -0.1) is 0 Å². The fourth-order valence-corrected chi connectivity index (χ4v) is 4.02. The first-order valence-corrected chi connectivity index (χ1v) is 10.2. The molecular weight excluding hydrogens is 401 g/mol. The monoisotopic (exact) mass is 421 g/mol. The van der Waals surface area contributed by atoms with E-state index in [-0.39, 0.29) is 0 Å². The smallest absolute Gasteiger partial charge is 0.156 e. The summed E-state index contributed by atoms with van der Waals surface area (Å²) in [7, 11) is 0. The standard InChI is InChI=1S/C25H21Cl2NO/c1-17-6-4-10-21(12-17)28-15-18-13-23(26)25(24(27)14-18)29-16-20-9-5-8-19-7-2-3-11-22(19)20/h2-14,28H,15-16H2,1H3. The van der Waals surface area contributed by atoms with Crippen LogP contribution in [0.15, 0.2) is 78.9 Å². The predicted octanol–water partition coefficient (Wildman–Crippen LogP) is 7.65. The Morgan fingerprint density at radius 2 is 1.55 bits per heavy atom. The van der Waals surface area contributed by atoms with Crippen LogP contribution in [0.4, 0.5) is 5.69 Å². The maximum atomic E-state index is 6.49. The van der Waals surface area contributed by atoms with E-state index in [1.165, 1.54) is 16.3 Å². The van der Waals surface area contributed by atoms with Crippen LogP contribution in [0.1, 0.15) is 16.7 Å². The Hall–Kier alpha value is -2.68. The first-order chi connectivity index (χ1) is 14.1. The highest BCUT2D eigenvalue weighted by Crippen LogP contribution is 2.35. The second kappa shape index (κ2) is 8.77. The summed E-state index contributed by atoms with van der Waals surface area (Å²) in [4.78, 5) is 0. The molecule has 0 fully saturated rings. The van der Waals surface area contributed by atoms with E-state index in [2.05, 4.69) is 48.6 Å². The van der Waals surface area contributed by atoms with E-state index in [4.69, 9.17) is 27.9 Å². The van der Waals surface area contributed by atoms with E-state index in [1.807, 2.05) is 42.5 Å². The highest BCUT2D eigenvalue weighted by Gasteiger charge is 2.11. The van der Waals surface area contributed by atoms with Crippen molar-refractivity contribution in [1.29, 1.82) is 0 Å². The summed E-state index contributed by atoms with van der Waals surface area (Å²) in [6, 6.07) is 26.5. The minimum Gasteiger partial charge on any atom is -0.486 e. The van der Waals surface area contributed by atoms with Crippen LogP contribution in [0.25, 0.3) is 10.8 Å². The molecule has 4 heteroatoms. The molecule has 0 saturated carbocycles. The van der Waals surface area contributed by atoms with Crippen LogP contribution in [0.3, 0.4) is 0 Å². The molecule has 0 aliphatic rings. The molecule has 0 unspecified atom stereocenters. The maximum absolute atomic E-state index is 6.49. The lowest BCUT2D eigenvalue weighted by Crippen LogP contribution is -2.02. The van der Waals surface area contributed by atoms with E-state index < -0.39 is 0 Å². The zero-order chi connectivity index (χ0) is 20.2. The first-order valence-electron chi connectivity index (χ1n) is 9.48. The zero-order valence-electron chi connectivity index (χ0n) is 16.1. The Morgan fingerprint density at radius 1 is 0.828 bits per heavy atom. The third kappa shape index (κ3) is 4.67. The number of aryl methyl sites for hydroxylation is 1. The number of benzene rings is 4. The van der Waals surface area contributed by atoms with Crippen LogP contribution in [-0.4, -0.2) is 0 Å². The van der Waals surface area contributed by atoms with Gasteiger partial charge in [0.05, 0.1) is 10.0 Å². The molecule has 4 aromatic rings. The van der Waals surface area contributed by atoms with Gasteiger partial charge >= 0.3 is 0 Å². The highest BCUT2D eigenvalue weighted by atomic mass is 35.5. The van der Waals surface area contributed by atoms with Gasteiger partial charge in [0.1, 0.15) is 6.61 Å². The van der Waals surface area contributed by atoms with E-state index >= 15 is 0 Å². The number of nitrogens with one attached hydrogen (secondary N) is 1. The summed E-state index contributed by atoms with van der Waals surface area (Å²) >= 11 is 13.0. The van der Waals surface area contributed by atoms with Crippen LogP contribution in [-0.2, 0) is 13.2 Å². The van der Waals surface area contributed by atoms with Crippen LogP contribution in [0.5, 0.6) is 5.75 Å². The predicted molar refractivity (Wildman–Crippen MR) is 123 cm³/mol. The Labute approximate surface area is 181 Å². The highest BCUT2D eigenvalue weighted by molar-refractivity contribution is 6.37. The summed E-state index contributed by atoms with van der Waals surface area (Å²) in [5.74, 6) is 0.514. The second-order valence-electron chi connectivity index (χ2n) is 7.04. The van der Waals surface area contributed by atoms with Gasteiger partial charge in [-0.05, 0) is 58.7 Å². The van der Waals surface area contributed by atoms with Crippen molar-refractivity contribution in [2.24, 2.45) is 0 Å². The van der Waals surface area contributed by atoms with Gasteiger partial charge in [0, 0.05) is 12.2 Å². The number of ether oxygens (including phenoxy) is 1. The third-order valence-corrected chi connectivity index (χ3v) is 5.39. The Balaban J connectivity index is 1.48. The number of anilines is 1. The molecular formula is C25H21Cl2NO. The molecule has 0 heterocycles. The van der Waals surface area contributed by atoms with Gasteiger partial charge in [0.15, 0.2) is 5.75 Å². The number of rotatable bonds is 6. The van der Waals surface area contributed by atoms with Gasteiger partial charge < -0.3 is 10.1 Å². The van der Waals surface area contributed by atoms with Crippen molar-refractivity contribution in [2.45, 2.75) is 20.1 Å². The summed E-state index contributed by atoms with van der Waals surface area (Å²) in [6.45, 7) is 3.11. The number of hydrogen-bond donors (Lipinski definition) is 1. The second-order valence-corrected chi connectivity index (χ2v) is 7.85. The van der Waals surface area contributed by atoms with Gasteiger partial charge in [-0.25, -0.2) is 0 Å². The average Bonchev–Trinajstić information content (AvgIpc) is 2.72. The Morgan fingerprint density at radius 3 is 2.34 bits per heavy atom. The van der Waals surface area contributed by atoms with Crippen LogP contribution >= 0.6 is 23.2 Å². The molecule has 0 spiro atoms. The van der Waals surface area contributed by atoms with Crippen molar-refractivity contribution in [3.63, 3.8) is 0 Å². The molecule has 29 heavy (non-hydrogen) atoms. The maximum Gasteiger partial charge on any atom is 0.156 e. The number of hydrogen-bond acceptors (Lipinski definition) is 2. The molecule has 146 valence electrons. The SMILES string of the molecule is Cc1cccc(NCc2cc(Cl)c(OCc3cccc4ccccc34)c(Cl)c2)c1. The molecule has 0 aliphatic carbocycles. The van der Waals surface area contributed by atoms with Crippen molar-refractivity contribution >= 4 is 39.7 Å². The molecule has 0 atom stereocenters. The fourth-order valence-electron chi connectivity index (χ4n) is 3.38. The van der Waals surface area contributed by atoms with E-state index in [9.17, 15) is 0 Å². The molecule has 0 radical (unpaired) electrons. The molecule has 4 rings (SSSR count). The summed E-state index contributed by atoms with van der Waals surface area (Å²) in [5, 5.41) is 6.77. The van der Waals surface area contributed by atoms with Gasteiger partial charge in [0.2, 0.25) is 0 Å². The van der Waals surface area contributed by atoms with E-state index in [1.54, 1.807) is 0 Å². The lowest BCUT2D eigenvalue weighted by Gasteiger charge is -2.14. The van der Waals surface area contributed by atoms with Crippen molar-refractivity contribution in [2.75, 3.05) is 5.32 Å². The van der Waals surface area contributed by atoms with Gasteiger partial charge in [-0.3, -0.25) is 0 Å². The Bertz CT molecular complexity index is 1130. The third-order valence-electron chi connectivity index (χ3n) is 4.82. The minimum atomic E-state index is 0.404. The van der Waals surface area contributed by atoms with Crippen molar-refractivity contribution < 1.29 is 4.74 Å². The normalized spacial score (nSPS) is 10.9. The largest absolute Gasteiger partial charge is 0.486 e. The topological polar surface area (TPSA) is 21.3 Å². The fraction of sp³-hybridized carbons (Fsp3) is 0.120. The Kier molecular flexibility index (Phi) is 5.94. The van der Waals surface area contributed by atoms with E-state index in [0.717, 1.165) is 16.8 Å². The zero-order valence-corrected chi connectivity index (χ0v) is 17.6. The van der Waals surface area contributed by atoms with Crippen molar-refractivity contribution in [3.8, 4) is 5.75 Å². The summed E-state index contributed by atoms with van der Waals surface area (Å²) in [6.07, 6.45) is 0. The molecule has 2 nitrogen and oxygen atoms in total. The van der Waals surface area contributed by atoms with Gasteiger partial charge in [-0.1, -0.05) is 77.8 Å². The molecule has 4 aromatic carbocycles. The molecule has 0 aliphatic heterocycles. The van der Waals surface area contributed by atoms with Gasteiger partial charge in [-0.2, -0.15) is 0 Å². The number of halogens is 2. The molecule has 0 aromatic heterocycles. The quantitative estimate of drug-likeness (QED) is 0.345. The van der Waals surface area contributed by atoms with Crippen LogP contribution in [0.2, 0.25) is 10.0 Å². The summed E-state index contributed by atoms with van der Waals surface area (Å²) in [5.41, 5.74) is 4.37. The summed E-state index contributed by atoms with van der Waals surface area (Å²) < 4.78 is 6.01.